The molecule has 1 aliphatic rings. The van der Waals surface area contributed by atoms with Gasteiger partial charge in [-0.3, -0.25) is 9.69 Å². The van der Waals surface area contributed by atoms with Gasteiger partial charge in [-0.15, -0.1) is 0 Å². The smallest absolute Gasteiger partial charge is 0.236 e. The number of hydrogen-bond donors (Lipinski definition) is 1. The number of nitrogens with one attached hydrogen (secondary N) is 1. The first-order valence-corrected chi connectivity index (χ1v) is 7.19. The van der Waals surface area contributed by atoms with Crippen LogP contribution in [0.1, 0.15) is 33.6 Å². The number of carbonyl (C=O) groups is 1. The molecule has 1 heterocycles. The molecule has 1 amide bonds. The lowest BCUT2D eigenvalue weighted by atomic mass is 10.0. The van der Waals surface area contributed by atoms with Gasteiger partial charge in [-0.05, 0) is 32.7 Å². The van der Waals surface area contributed by atoms with Crippen molar-refractivity contribution in [2.75, 3.05) is 39.8 Å². The van der Waals surface area contributed by atoms with E-state index in [-0.39, 0.29) is 5.91 Å². The highest BCUT2D eigenvalue weighted by Crippen LogP contribution is 2.10. The van der Waals surface area contributed by atoms with Gasteiger partial charge in [-0.1, -0.05) is 13.8 Å². The van der Waals surface area contributed by atoms with Crippen molar-refractivity contribution in [3.05, 3.63) is 0 Å². The predicted octanol–water partition coefficient (Wildman–Crippen LogP) is 1.17. The van der Waals surface area contributed by atoms with E-state index in [4.69, 9.17) is 0 Å². The van der Waals surface area contributed by atoms with E-state index in [9.17, 15) is 4.79 Å². The van der Waals surface area contributed by atoms with Gasteiger partial charge in [-0.25, -0.2) is 0 Å². The van der Waals surface area contributed by atoms with Crippen LogP contribution in [-0.2, 0) is 4.79 Å². The van der Waals surface area contributed by atoms with Gasteiger partial charge in [0, 0.05) is 32.2 Å². The van der Waals surface area contributed by atoms with Crippen molar-refractivity contribution >= 4 is 5.91 Å². The zero-order valence-corrected chi connectivity index (χ0v) is 12.4. The predicted molar refractivity (Wildman–Crippen MR) is 75.6 cm³/mol. The van der Waals surface area contributed by atoms with E-state index in [0.717, 1.165) is 32.1 Å². The summed E-state index contributed by atoms with van der Waals surface area (Å²) in [7, 11) is 2.06. The molecule has 1 fully saturated rings. The lowest BCUT2D eigenvalue weighted by Gasteiger charge is -2.31. The minimum atomic E-state index is 0.274. The summed E-state index contributed by atoms with van der Waals surface area (Å²) in [6, 6.07) is 0.485. The lowest BCUT2D eigenvalue weighted by molar-refractivity contribution is -0.133. The molecular weight excluding hydrogens is 226 g/mol. The topological polar surface area (TPSA) is 35.6 Å². The zero-order valence-electron chi connectivity index (χ0n) is 12.4. The summed E-state index contributed by atoms with van der Waals surface area (Å²) < 4.78 is 0. The van der Waals surface area contributed by atoms with Crippen molar-refractivity contribution in [3.8, 4) is 0 Å². The van der Waals surface area contributed by atoms with Gasteiger partial charge in [0.05, 0.1) is 6.54 Å². The number of nitrogens with zero attached hydrogens (tertiary/aromatic N) is 2. The number of rotatable bonds is 6. The monoisotopic (exact) mass is 255 g/mol. The number of amides is 1. The van der Waals surface area contributed by atoms with Crippen LogP contribution >= 0.6 is 0 Å². The fourth-order valence-electron chi connectivity index (χ4n) is 2.18. The first-order chi connectivity index (χ1) is 8.50. The third-order valence-electron chi connectivity index (χ3n) is 3.77. The van der Waals surface area contributed by atoms with Crippen LogP contribution in [-0.4, -0.2) is 61.5 Å². The molecular formula is C14H29N3O. The quantitative estimate of drug-likeness (QED) is 0.774. The zero-order chi connectivity index (χ0) is 13.5. The molecule has 0 radical (unpaired) electrons. The van der Waals surface area contributed by atoms with Crippen molar-refractivity contribution in [2.45, 2.75) is 39.7 Å². The Bertz CT molecular complexity index is 249. The van der Waals surface area contributed by atoms with E-state index >= 15 is 0 Å². The molecule has 4 nitrogen and oxygen atoms in total. The summed E-state index contributed by atoms with van der Waals surface area (Å²) in [6.45, 7) is 10.8. The summed E-state index contributed by atoms with van der Waals surface area (Å²) in [5.41, 5.74) is 0. The average Bonchev–Trinajstić information content (AvgIpc) is 2.36. The third kappa shape index (κ3) is 5.36. The molecule has 1 N–H and O–H groups in total. The Morgan fingerprint density at radius 2 is 1.83 bits per heavy atom. The van der Waals surface area contributed by atoms with Crippen LogP contribution in [0.25, 0.3) is 0 Å². The lowest BCUT2D eigenvalue weighted by Crippen LogP contribution is -2.50. The molecule has 0 aromatic heterocycles. The molecule has 1 unspecified atom stereocenters. The third-order valence-corrected chi connectivity index (χ3v) is 3.77. The Labute approximate surface area is 112 Å². The van der Waals surface area contributed by atoms with Crippen LogP contribution in [0.3, 0.4) is 0 Å². The van der Waals surface area contributed by atoms with Crippen molar-refractivity contribution in [1.29, 1.82) is 0 Å². The molecule has 106 valence electrons. The highest BCUT2D eigenvalue weighted by Gasteiger charge is 2.19. The van der Waals surface area contributed by atoms with Gasteiger partial charge in [0.2, 0.25) is 5.91 Å². The highest BCUT2D eigenvalue weighted by atomic mass is 16.2. The summed E-state index contributed by atoms with van der Waals surface area (Å²) in [6.07, 6.45) is 2.40. The van der Waals surface area contributed by atoms with Crippen LogP contribution in [0, 0.1) is 5.92 Å². The normalized spacial score (nSPS) is 18.4. The van der Waals surface area contributed by atoms with Crippen molar-refractivity contribution in [2.24, 2.45) is 5.92 Å². The summed E-state index contributed by atoms with van der Waals surface area (Å²) in [5.74, 6) is 1.01. The van der Waals surface area contributed by atoms with E-state index in [2.05, 4.69) is 38.0 Å². The minimum absolute atomic E-state index is 0.274. The Hall–Kier alpha value is -0.610. The number of hydrogen-bond acceptors (Lipinski definition) is 3. The number of carbonyl (C=O) groups excluding carboxylic acids is 1. The number of piperazine rings is 1. The maximum atomic E-state index is 12.1. The second-order valence-electron chi connectivity index (χ2n) is 5.87. The molecule has 0 aromatic carbocycles. The Balaban J connectivity index is 2.28. The van der Waals surface area contributed by atoms with Gasteiger partial charge in [0.25, 0.3) is 0 Å². The average molecular weight is 255 g/mol. The minimum Gasteiger partial charge on any atom is -0.339 e. The van der Waals surface area contributed by atoms with Gasteiger partial charge < -0.3 is 10.2 Å². The first kappa shape index (κ1) is 15.4. The number of likely N-dealkylation sites (N-methyl/N-ethyl adjacent to an activating group) is 1. The van der Waals surface area contributed by atoms with Gasteiger partial charge in [-0.2, -0.15) is 0 Å². The molecule has 0 aromatic rings. The molecule has 1 atom stereocenters. The fraction of sp³-hybridized carbons (Fsp3) is 0.929. The molecule has 18 heavy (non-hydrogen) atoms. The second kappa shape index (κ2) is 7.74. The van der Waals surface area contributed by atoms with E-state index < -0.39 is 0 Å². The van der Waals surface area contributed by atoms with Gasteiger partial charge in [0.1, 0.15) is 0 Å². The van der Waals surface area contributed by atoms with Crippen molar-refractivity contribution < 1.29 is 4.79 Å². The molecule has 1 aliphatic heterocycles. The largest absolute Gasteiger partial charge is 0.339 e. The van der Waals surface area contributed by atoms with E-state index in [1.807, 2.05) is 4.90 Å². The van der Waals surface area contributed by atoms with Crippen LogP contribution in [0.5, 0.6) is 0 Å². The SMILES string of the molecule is CC(C)CCC(C)N(C)CC(=O)N1CCNCC1. The Morgan fingerprint density at radius 1 is 1.22 bits per heavy atom. The van der Waals surface area contributed by atoms with E-state index in [0.29, 0.717) is 12.6 Å². The summed E-state index contributed by atoms with van der Waals surface area (Å²) in [4.78, 5) is 16.3. The first-order valence-electron chi connectivity index (χ1n) is 7.19. The molecule has 0 bridgehead atoms. The molecule has 0 aliphatic carbocycles. The molecule has 0 saturated carbocycles. The van der Waals surface area contributed by atoms with Crippen LogP contribution in [0.15, 0.2) is 0 Å². The van der Waals surface area contributed by atoms with Crippen molar-refractivity contribution in [3.63, 3.8) is 0 Å². The molecule has 1 saturated heterocycles. The van der Waals surface area contributed by atoms with Crippen LogP contribution in [0.2, 0.25) is 0 Å². The van der Waals surface area contributed by atoms with E-state index in [1.165, 1.54) is 12.8 Å². The standard InChI is InChI=1S/C14H29N3O/c1-12(2)5-6-13(3)16(4)11-14(18)17-9-7-15-8-10-17/h12-13,15H,5-11H2,1-4H3. The summed E-state index contributed by atoms with van der Waals surface area (Å²) >= 11 is 0. The maximum absolute atomic E-state index is 12.1. The molecule has 1 rings (SSSR count). The summed E-state index contributed by atoms with van der Waals surface area (Å²) in [5, 5.41) is 3.27. The molecule has 0 spiro atoms. The Kier molecular flexibility index (Phi) is 6.65. The van der Waals surface area contributed by atoms with E-state index in [1.54, 1.807) is 0 Å². The second-order valence-corrected chi connectivity index (χ2v) is 5.87. The molecule has 4 heteroatoms. The fourth-order valence-corrected chi connectivity index (χ4v) is 2.18. The highest BCUT2D eigenvalue weighted by molar-refractivity contribution is 5.78. The van der Waals surface area contributed by atoms with Gasteiger partial charge >= 0.3 is 0 Å². The van der Waals surface area contributed by atoms with Crippen LogP contribution < -0.4 is 5.32 Å². The van der Waals surface area contributed by atoms with Crippen LogP contribution in [0.4, 0.5) is 0 Å². The maximum Gasteiger partial charge on any atom is 0.236 e. The van der Waals surface area contributed by atoms with Gasteiger partial charge in [0.15, 0.2) is 0 Å². The van der Waals surface area contributed by atoms with Crippen molar-refractivity contribution in [1.82, 2.24) is 15.1 Å². The Morgan fingerprint density at radius 3 is 2.39 bits per heavy atom.